The minimum atomic E-state index is -0.888. The number of nitro groups is 4. The molecule has 2 aromatic heterocycles. The monoisotopic (exact) mass is 387 g/mol. The maximum atomic E-state index is 11.4. The number of furan rings is 1. The van der Waals surface area contributed by atoms with Crippen LogP contribution in [0.3, 0.4) is 0 Å². The summed E-state index contributed by atoms with van der Waals surface area (Å²) in [5, 5.41) is 44.6. The van der Waals surface area contributed by atoms with Crippen LogP contribution in [-0.4, -0.2) is 24.7 Å². The Morgan fingerprint density at radius 1 is 0.679 bits per heavy atom. The van der Waals surface area contributed by atoms with E-state index in [1.807, 2.05) is 0 Å². The number of H-pyrrole nitrogens is 1. The third kappa shape index (κ3) is 2.21. The van der Waals surface area contributed by atoms with E-state index in [1.165, 1.54) is 0 Å². The van der Waals surface area contributed by atoms with Crippen molar-refractivity contribution in [2.45, 2.75) is 0 Å². The summed E-state index contributed by atoms with van der Waals surface area (Å²) in [4.78, 5) is 43.9. The van der Waals surface area contributed by atoms with E-state index in [1.54, 1.807) is 0 Å². The number of fused-ring (bicyclic) bond motifs is 5. The minimum Gasteiger partial charge on any atom is -0.444 e. The highest BCUT2D eigenvalue weighted by molar-refractivity contribution is 6.18. The maximum absolute atomic E-state index is 11.4. The van der Waals surface area contributed by atoms with Crippen molar-refractivity contribution in [3.8, 4) is 0 Å². The van der Waals surface area contributed by atoms with Gasteiger partial charge in [-0.25, -0.2) is 4.98 Å². The predicted molar refractivity (Wildman–Crippen MR) is 92.2 cm³/mol. The molecule has 0 atom stereocenters. The number of benzene rings is 2. The van der Waals surface area contributed by atoms with Gasteiger partial charge in [0, 0.05) is 22.9 Å². The topological polar surface area (TPSA) is 201 Å². The van der Waals surface area contributed by atoms with E-state index in [0.29, 0.717) is 6.07 Å². The van der Waals surface area contributed by atoms with Gasteiger partial charge in [0.2, 0.25) is 5.58 Å². The lowest BCUT2D eigenvalue weighted by Crippen LogP contribution is -1.93. The second kappa shape index (κ2) is 5.44. The molecule has 0 aliphatic rings. The molecule has 0 saturated heterocycles. The van der Waals surface area contributed by atoms with Gasteiger partial charge in [0.25, 0.3) is 11.4 Å². The highest BCUT2D eigenvalue weighted by atomic mass is 16.6. The van der Waals surface area contributed by atoms with Crippen LogP contribution in [-0.2, 0) is 0 Å². The molecule has 0 radical (unpaired) electrons. The van der Waals surface area contributed by atoms with Crippen LogP contribution in [0.5, 0.6) is 0 Å². The Labute approximate surface area is 150 Å². The summed E-state index contributed by atoms with van der Waals surface area (Å²) in [5.41, 5.74) is -2.44. The number of non-ortho nitro benzene ring substituents is 3. The average molecular weight is 387 g/mol. The van der Waals surface area contributed by atoms with Crippen LogP contribution in [0.1, 0.15) is 0 Å². The zero-order valence-electron chi connectivity index (χ0n) is 13.3. The summed E-state index contributed by atoms with van der Waals surface area (Å²) in [6.45, 7) is 0. The van der Waals surface area contributed by atoms with E-state index in [4.69, 9.17) is 4.42 Å². The molecule has 28 heavy (non-hydrogen) atoms. The molecule has 4 aromatic rings. The lowest BCUT2D eigenvalue weighted by atomic mass is 10.1. The van der Waals surface area contributed by atoms with Crippen molar-refractivity contribution in [1.82, 2.24) is 4.98 Å². The van der Waals surface area contributed by atoms with Crippen molar-refractivity contribution in [2.75, 3.05) is 0 Å². The second-order valence-electron chi connectivity index (χ2n) is 5.69. The zero-order valence-corrected chi connectivity index (χ0v) is 13.3. The van der Waals surface area contributed by atoms with Crippen molar-refractivity contribution in [3.05, 3.63) is 64.7 Å². The van der Waals surface area contributed by atoms with Crippen LogP contribution in [0, 0.1) is 40.5 Å². The molecule has 140 valence electrons. The van der Waals surface area contributed by atoms with Gasteiger partial charge in [0.05, 0.1) is 26.9 Å². The van der Waals surface area contributed by atoms with Crippen molar-refractivity contribution < 1.29 is 24.1 Å². The molecule has 14 heteroatoms. The lowest BCUT2D eigenvalue weighted by molar-refractivity contribution is -0.393. The van der Waals surface area contributed by atoms with Crippen LogP contribution in [0.25, 0.3) is 32.8 Å². The van der Waals surface area contributed by atoms with Crippen LogP contribution < -0.4 is 0 Å². The van der Waals surface area contributed by atoms with Gasteiger partial charge < -0.3 is 14.5 Å². The molecule has 0 spiro atoms. The first kappa shape index (κ1) is 16.8. The molecule has 2 heterocycles. The van der Waals surface area contributed by atoms with Gasteiger partial charge in [0.15, 0.2) is 11.1 Å². The number of nitrogens with one attached hydrogen (secondary N) is 1. The van der Waals surface area contributed by atoms with Gasteiger partial charge in [-0.1, -0.05) is 0 Å². The SMILES string of the molecule is O=[N+]([O-])c1cc([N+](=O)[O-])c2oc3c(cc([N+](=O)[O-])c4cc([N+](=O)[O-])[nH]c43)c2c1. The normalized spacial score (nSPS) is 11.3. The van der Waals surface area contributed by atoms with Crippen LogP contribution in [0.15, 0.2) is 28.7 Å². The number of aromatic amines is 1. The molecule has 1 N–H and O–H groups in total. The molecule has 0 aliphatic carbocycles. The van der Waals surface area contributed by atoms with Gasteiger partial charge in [-0.15, -0.1) is 0 Å². The Bertz CT molecular complexity index is 1380. The summed E-state index contributed by atoms with van der Waals surface area (Å²) in [6.07, 6.45) is 0. The Hall–Kier alpha value is -4.62. The Morgan fingerprint density at radius 3 is 1.89 bits per heavy atom. The quantitative estimate of drug-likeness (QED) is 0.400. The smallest absolute Gasteiger partial charge is 0.322 e. The number of hydrogen-bond donors (Lipinski definition) is 1. The first-order chi connectivity index (χ1) is 13.2. The minimum absolute atomic E-state index is 0.0299. The standard InChI is InChI=1S/C14H5N5O9/c20-16(21)5-1-6-7-3-9(17(22)23)8-4-11(19(26)27)15-12(8)14(7)28-13(6)10(2-5)18(24)25/h1-4,15H. The lowest BCUT2D eigenvalue weighted by Gasteiger charge is -1.95. The molecule has 0 aliphatic heterocycles. The summed E-state index contributed by atoms with van der Waals surface area (Å²) in [5.74, 6) is -0.550. The average Bonchev–Trinajstić information content (AvgIpc) is 3.21. The molecule has 2 aromatic carbocycles. The van der Waals surface area contributed by atoms with Crippen molar-refractivity contribution >= 4 is 55.7 Å². The van der Waals surface area contributed by atoms with E-state index < -0.39 is 42.6 Å². The third-order valence-electron chi connectivity index (χ3n) is 4.18. The fourth-order valence-corrected chi connectivity index (χ4v) is 3.04. The molecule has 4 rings (SSSR count). The van der Waals surface area contributed by atoms with E-state index in [2.05, 4.69) is 4.98 Å². The molecule has 0 fully saturated rings. The summed E-state index contributed by atoms with van der Waals surface area (Å²) < 4.78 is 5.48. The molecule has 0 bridgehead atoms. The van der Waals surface area contributed by atoms with Gasteiger partial charge in [-0.3, -0.25) is 30.3 Å². The number of nitrogens with zero attached hydrogens (tertiary/aromatic N) is 4. The van der Waals surface area contributed by atoms with Crippen LogP contribution in [0.4, 0.5) is 22.9 Å². The van der Waals surface area contributed by atoms with Gasteiger partial charge in [-0.05, 0) is 4.92 Å². The second-order valence-corrected chi connectivity index (χ2v) is 5.69. The van der Waals surface area contributed by atoms with Crippen molar-refractivity contribution in [3.63, 3.8) is 0 Å². The van der Waals surface area contributed by atoms with Crippen LogP contribution in [0.2, 0.25) is 0 Å². The first-order valence-electron chi connectivity index (χ1n) is 7.32. The Morgan fingerprint density at radius 2 is 1.32 bits per heavy atom. The predicted octanol–water partition coefficient (Wildman–Crippen LogP) is 3.70. The van der Waals surface area contributed by atoms with Gasteiger partial charge in [-0.2, -0.15) is 0 Å². The summed E-state index contributed by atoms with van der Waals surface area (Å²) >= 11 is 0. The number of rotatable bonds is 4. The van der Waals surface area contributed by atoms with Crippen molar-refractivity contribution in [1.29, 1.82) is 0 Å². The molecule has 0 saturated carbocycles. The number of hydrogen-bond acceptors (Lipinski definition) is 9. The van der Waals surface area contributed by atoms with E-state index in [-0.39, 0.29) is 32.8 Å². The van der Waals surface area contributed by atoms with E-state index in [0.717, 1.165) is 18.2 Å². The largest absolute Gasteiger partial charge is 0.444 e. The maximum Gasteiger partial charge on any atom is 0.322 e. The fourth-order valence-electron chi connectivity index (χ4n) is 3.04. The Kier molecular flexibility index (Phi) is 3.27. The van der Waals surface area contributed by atoms with Crippen molar-refractivity contribution in [2.24, 2.45) is 0 Å². The molecule has 0 unspecified atom stereocenters. The molecular formula is C14H5N5O9. The van der Waals surface area contributed by atoms with E-state index in [9.17, 15) is 40.5 Å². The molecule has 14 nitrogen and oxygen atoms in total. The first-order valence-corrected chi connectivity index (χ1v) is 7.32. The molecule has 0 amide bonds. The summed E-state index contributed by atoms with van der Waals surface area (Å²) in [7, 11) is 0. The summed E-state index contributed by atoms with van der Waals surface area (Å²) in [6, 6.07) is 3.64. The van der Waals surface area contributed by atoms with Crippen LogP contribution >= 0.6 is 0 Å². The van der Waals surface area contributed by atoms with E-state index >= 15 is 0 Å². The highest BCUT2D eigenvalue weighted by Gasteiger charge is 2.30. The van der Waals surface area contributed by atoms with Gasteiger partial charge in [0.1, 0.15) is 5.39 Å². The third-order valence-corrected chi connectivity index (χ3v) is 4.18. The Balaban J connectivity index is 2.26. The highest BCUT2D eigenvalue weighted by Crippen LogP contribution is 2.43. The zero-order chi connectivity index (χ0) is 20.3. The number of aromatic nitrogens is 1. The fraction of sp³-hybridized carbons (Fsp3) is 0. The molecular weight excluding hydrogens is 382 g/mol. The number of nitro benzene ring substituents is 3. The van der Waals surface area contributed by atoms with Gasteiger partial charge >= 0.3 is 11.5 Å².